The number of aromatic nitrogens is 1. The van der Waals surface area contributed by atoms with Gasteiger partial charge in [0.25, 0.3) is 0 Å². The van der Waals surface area contributed by atoms with Gasteiger partial charge in [0.05, 0.1) is 7.11 Å². The number of hydrogen-bond donors (Lipinski definition) is 0. The van der Waals surface area contributed by atoms with Crippen LogP contribution in [-0.4, -0.2) is 52.6 Å². The molecule has 0 amide bonds. The van der Waals surface area contributed by atoms with Gasteiger partial charge >= 0.3 is 0 Å². The van der Waals surface area contributed by atoms with E-state index in [9.17, 15) is 0 Å². The third-order valence-electron chi connectivity index (χ3n) is 4.46. The predicted molar refractivity (Wildman–Crippen MR) is 79.9 cm³/mol. The molecule has 3 fully saturated rings. The van der Waals surface area contributed by atoms with E-state index in [1.54, 1.807) is 7.11 Å². The van der Waals surface area contributed by atoms with E-state index in [4.69, 9.17) is 4.74 Å². The number of ether oxygens (including phenoxy) is 1. The monoisotopic (exact) mass is 275 g/mol. The van der Waals surface area contributed by atoms with Crippen LogP contribution in [0, 0.1) is 0 Å². The van der Waals surface area contributed by atoms with Crippen molar-refractivity contribution >= 4 is 0 Å². The van der Waals surface area contributed by atoms with Crippen molar-refractivity contribution in [2.75, 3.05) is 20.2 Å². The molecule has 4 rings (SSSR count). The standard InChI is InChI=1S/C16H25N3O/c1-16(2,3)19-13-7-14(19)11-18(10-13)9-12-5-6-15(20-4)17-8-12/h5-6,8,13-14H,7,9-11H2,1-4H3. The molecule has 2 unspecified atom stereocenters. The molecule has 0 spiro atoms. The molecule has 4 heterocycles. The molecule has 0 aliphatic carbocycles. The zero-order valence-electron chi connectivity index (χ0n) is 13.0. The number of nitrogens with zero attached hydrogens (tertiary/aromatic N) is 3. The van der Waals surface area contributed by atoms with Crippen molar-refractivity contribution in [2.24, 2.45) is 0 Å². The van der Waals surface area contributed by atoms with E-state index in [1.807, 2.05) is 12.3 Å². The number of piperazine rings is 1. The van der Waals surface area contributed by atoms with Gasteiger partial charge in [0.2, 0.25) is 5.88 Å². The molecule has 0 aromatic carbocycles. The summed E-state index contributed by atoms with van der Waals surface area (Å²) in [4.78, 5) is 9.54. The minimum absolute atomic E-state index is 0.307. The first kappa shape index (κ1) is 13.8. The second-order valence-electron chi connectivity index (χ2n) is 7.02. The number of rotatable bonds is 3. The molecule has 110 valence electrons. The Hall–Kier alpha value is -1.13. The average Bonchev–Trinajstić information content (AvgIpc) is 2.37. The van der Waals surface area contributed by atoms with Gasteiger partial charge in [-0.1, -0.05) is 6.07 Å². The van der Waals surface area contributed by atoms with E-state index < -0.39 is 0 Å². The quantitative estimate of drug-likeness (QED) is 0.845. The zero-order valence-corrected chi connectivity index (χ0v) is 13.0. The van der Waals surface area contributed by atoms with E-state index in [2.05, 4.69) is 41.6 Å². The largest absolute Gasteiger partial charge is 0.481 e. The Kier molecular flexibility index (Phi) is 3.46. The predicted octanol–water partition coefficient (Wildman–Crippen LogP) is 2.15. The summed E-state index contributed by atoms with van der Waals surface area (Å²) in [6.07, 6.45) is 3.30. The second-order valence-corrected chi connectivity index (χ2v) is 7.02. The molecule has 0 radical (unpaired) electrons. The van der Waals surface area contributed by atoms with Gasteiger partial charge in [0.1, 0.15) is 0 Å². The van der Waals surface area contributed by atoms with Crippen LogP contribution < -0.4 is 4.74 Å². The lowest BCUT2D eigenvalue weighted by Gasteiger charge is -2.61. The lowest BCUT2D eigenvalue weighted by Crippen LogP contribution is -2.72. The van der Waals surface area contributed by atoms with Crippen molar-refractivity contribution in [3.8, 4) is 5.88 Å². The van der Waals surface area contributed by atoms with E-state index in [1.165, 1.54) is 25.1 Å². The fourth-order valence-electron chi connectivity index (χ4n) is 3.80. The van der Waals surface area contributed by atoms with Crippen LogP contribution in [-0.2, 0) is 6.54 Å². The van der Waals surface area contributed by atoms with Gasteiger partial charge in [-0.2, -0.15) is 0 Å². The van der Waals surface area contributed by atoms with Gasteiger partial charge in [-0.05, 0) is 32.8 Å². The lowest BCUT2D eigenvalue weighted by molar-refractivity contribution is -0.121. The lowest BCUT2D eigenvalue weighted by atomic mass is 9.82. The van der Waals surface area contributed by atoms with Crippen LogP contribution in [0.4, 0.5) is 0 Å². The van der Waals surface area contributed by atoms with E-state index in [-0.39, 0.29) is 0 Å². The number of piperidine rings is 1. The number of fused-ring (bicyclic) bond motifs is 2. The van der Waals surface area contributed by atoms with E-state index in [0.717, 1.165) is 18.6 Å². The summed E-state index contributed by atoms with van der Waals surface area (Å²) in [6.45, 7) is 10.3. The molecular weight excluding hydrogens is 250 g/mol. The maximum absolute atomic E-state index is 5.10. The topological polar surface area (TPSA) is 28.6 Å². The molecule has 4 heteroatoms. The van der Waals surface area contributed by atoms with Crippen molar-refractivity contribution in [1.29, 1.82) is 0 Å². The number of pyridine rings is 1. The SMILES string of the molecule is COc1ccc(CN2CC3CC(C2)N3C(C)(C)C)cn1. The van der Waals surface area contributed by atoms with Crippen LogP contribution in [0.1, 0.15) is 32.8 Å². The Morgan fingerprint density at radius 3 is 2.45 bits per heavy atom. The Labute approximate surface area is 121 Å². The first-order valence-corrected chi connectivity index (χ1v) is 7.47. The van der Waals surface area contributed by atoms with Crippen LogP contribution in [0.3, 0.4) is 0 Å². The Morgan fingerprint density at radius 2 is 1.95 bits per heavy atom. The molecule has 1 aromatic heterocycles. The highest BCUT2D eigenvalue weighted by molar-refractivity contribution is 5.18. The zero-order chi connectivity index (χ0) is 14.3. The molecule has 0 N–H and O–H groups in total. The fraction of sp³-hybridized carbons (Fsp3) is 0.688. The molecule has 1 aromatic rings. The molecule has 3 aliphatic heterocycles. The van der Waals surface area contributed by atoms with Crippen LogP contribution in [0.15, 0.2) is 18.3 Å². The van der Waals surface area contributed by atoms with Gasteiger partial charge in [-0.25, -0.2) is 4.98 Å². The van der Waals surface area contributed by atoms with Crippen molar-refractivity contribution in [1.82, 2.24) is 14.8 Å². The fourth-order valence-corrected chi connectivity index (χ4v) is 3.80. The third-order valence-corrected chi connectivity index (χ3v) is 4.46. The summed E-state index contributed by atoms with van der Waals surface area (Å²) in [5.74, 6) is 0.689. The highest BCUT2D eigenvalue weighted by Gasteiger charge is 2.48. The summed E-state index contributed by atoms with van der Waals surface area (Å²) >= 11 is 0. The smallest absolute Gasteiger partial charge is 0.212 e. The van der Waals surface area contributed by atoms with Crippen LogP contribution in [0.5, 0.6) is 5.88 Å². The molecule has 4 nitrogen and oxygen atoms in total. The highest BCUT2D eigenvalue weighted by Crippen LogP contribution is 2.38. The van der Waals surface area contributed by atoms with Crippen molar-refractivity contribution in [3.63, 3.8) is 0 Å². The molecule has 2 bridgehead atoms. The first-order valence-electron chi connectivity index (χ1n) is 7.47. The Balaban J connectivity index is 1.59. The first-order chi connectivity index (χ1) is 9.47. The average molecular weight is 275 g/mol. The van der Waals surface area contributed by atoms with Crippen molar-refractivity contribution in [2.45, 2.75) is 51.4 Å². The van der Waals surface area contributed by atoms with Crippen molar-refractivity contribution in [3.05, 3.63) is 23.9 Å². The number of methoxy groups -OCH3 is 1. The minimum atomic E-state index is 0.307. The van der Waals surface area contributed by atoms with Crippen LogP contribution in [0.2, 0.25) is 0 Å². The number of hydrogen-bond acceptors (Lipinski definition) is 4. The van der Waals surface area contributed by atoms with Crippen LogP contribution in [0.25, 0.3) is 0 Å². The van der Waals surface area contributed by atoms with Gasteiger partial charge in [-0.3, -0.25) is 9.80 Å². The summed E-state index contributed by atoms with van der Waals surface area (Å²) in [7, 11) is 1.65. The van der Waals surface area contributed by atoms with Crippen molar-refractivity contribution < 1.29 is 4.74 Å². The van der Waals surface area contributed by atoms with Gasteiger partial charge in [0.15, 0.2) is 0 Å². The maximum Gasteiger partial charge on any atom is 0.212 e. The van der Waals surface area contributed by atoms with Gasteiger partial charge in [-0.15, -0.1) is 0 Å². The summed E-state index contributed by atoms with van der Waals surface area (Å²) < 4.78 is 5.10. The highest BCUT2D eigenvalue weighted by atomic mass is 16.5. The third kappa shape index (κ3) is 2.54. The summed E-state index contributed by atoms with van der Waals surface area (Å²) in [5.41, 5.74) is 1.58. The molecule has 3 aliphatic rings. The molecule has 0 saturated carbocycles. The summed E-state index contributed by atoms with van der Waals surface area (Å²) in [6, 6.07) is 5.54. The van der Waals surface area contributed by atoms with Crippen LogP contribution >= 0.6 is 0 Å². The Bertz CT molecular complexity index is 454. The molecule has 3 saturated heterocycles. The normalized spacial score (nSPS) is 27.2. The molecule has 2 atom stereocenters. The maximum atomic E-state index is 5.10. The molecular formula is C16H25N3O. The summed E-state index contributed by atoms with van der Waals surface area (Å²) in [5, 5.41) is 0. The van der Waals surface area contributed by atoms with E-state index >= 15 is 0 Å². The van der Waals surface area contributed by atoms with E-state index in [0.29, 0.717) is 11.4 Å². The minimum Gasteiger partial charge on any atom is -0.481 e. The van der Waals surface area contributed by atoms with Gasteiger partial charge in [0, 0.05) is 49.5 Å². The molecule has 20 heavy (non-hydrogen) atoms. The Morgan fingerprint density at radius 1 is 1.25 bits per heavy atom. The van der Waals surface area contributed by atoms with Gasteiger partial charge < -0.3 is 4.74 Å². The second kappa shape index (κ2) is 5.01.